The maximum Gasteiger partial charge on any atom is 0.0674 e. The summed E-state index contributed by atoms with van der Waals surface area (Å²) in [6, 6.07) is 10.7. The van der Waals surface area contributed by atoms with Gasteiger partial charge in [0.25, 0.3) is 0 Å². The average Bonchev–Trinajstić information content (AvgIpc) is 2.33. The first-order chi connectivity index (χ1) is 7.80. The Bertz CT molecular complexity index is 340. The number of nitriles is 1. The molecule has 0 aromatic heterocycles. The van der Waals surface area contributed by atoms with E-state index in [2.05, 4.69) is 42.6 Å². The van der Waals surface area contributed by atoms with Gasteiger partial charge >= 0.3 is 0 Å². The Kier molecular flexibility index (Phi) is 5.81. The molecule has 1 aromatic rings. The van der Waals surface area contributed by atoms with Gasteiger partial charge in [-0.3, -0.25) is 0 Å². The van der Waals surface area contributed by atoms with Gasteiger partial charge in [-0.25, -0.2) is 0 Å². The highest BCUT2D eigenvalue weighted by Crippen LogP contribution is 2.19. The molecule has 0 saturated heterocycles. The molecule has 16 heavy (non-hydrogen) atoms. The average molecular weight is 234 g/mol. The summed E-state index contributed by atoms with van der Waals surface area (Å²) in [5, 5.41) is 12.1. The molecule has 3 heteroatoms. The summed E-state index contributed by atoms with van der Waals surface area (Å²) in [6.07, 6.45) is 0.896. The predicted octanol–water partition coefficient (Wildman–Crippen LogP) is 3.76. The molecule has 0 bridgehead atoms. The smallest absolute Gasteiger partial charge is 0.0674 e. The summed E-state index contributed by atoms with van der Waals surface area (Å²) in [5.41, 5.74) is 1.09. The molecule has 86 valence electrons. The van der Waals surface area contributed by atoms with Crippen molar-refractivity contribution in [3.63, 3.8) is 0 Å². The van der Waals surface area contributed by atoms with Crippen LogP contribution in [0.3, 0.4) is 0 Å². The SMILES string of the molecule is CCSc1ccc(NCC(C#N)CC)cc1. The minimum atomic E-state index is 0.102. The van der Waals surface area contributed by atoms with Crippen molar-refractivity contribution in [1.82, 2.24) is 0 Å². The summed E-state index contributed by atoms with van der Waals surface area (Å²) in [6.45, 7) is 4.92. The Morgan fingerprint density at radius 3 is 2.50 bits per heavy atom. The molecule has 1 rings (SSSR count). The van der Waals surface area contributed by atoms with E-state index in [1.54, 1.807) is 0 Å². The van der Waals surface area contributed by atoms with Crippen LogP contribution in [0.1, 0.15) is 20.3 Å². The largest absolute Gasteiger partial charge is 0.384 e. The number of nitrogens with zero attached hydrogens (tertiary/aromatic N) is 1. The first-order valence-electron chi connectivity index (χ1n) is 5.66. The van der Waals surface area contributed by atoms with Crippen LogP contribution in [0.25, 0.3) is 0 Å². The molecule has 0 radical (unpaired) electrons. The molecule has 1 N–H and O–H groups in total. The van der Waals surface area contributed by atoms with E-state index in [1.165, 1.54) is 4.90 Å². The lowest BCUT2D eigenvalue weighted by atomic mass is 10.1. The first kappa shape index (κ1) is 12.9. The highest BCUT2D eigenvalue weighted by molar-refractivity contribution is 7.99. The highest BCUT2D eigenvalue weighted by atomic mass is 32.2. The van der Waals surface area contributed by atoms with E-state index >= 15 is 0 Å². The maximum atomic E-state index is 8.82. The van der Waals surface area contributed by atoms with Crippen LogP contribution in [-0.2, 0) is 0 Å². The van der Waals surface area contributed by atoms with Gasteiger partial charge in [-0.05, 0) is 36.4 Å². The quantitative estimate of drug-likeness (QED) is 0.761. The second-order valence-corrected chi connectivity index (χ2v) is 4.91. The topological polar surface area (TPSA) is 35.8 Å². The fourth-order valence-corrected chi connectivity index (χ4v) is 2.02. The number of hydrogen-bond donors (Lipinski definition) is 1. The van der Waals surface area contributed by atoms with Crippen LogP contribution in [0.4, 0.5) is 5.69 Å². The minimum Gasteiger partial charge on any atom is -0.384 e. The molecular formula is C13H18N2S. The van der Waals surface area contributed by atoms with Gasteiger partial charge in [0.1, 0.15) is 0 Å². The molecule has 1 unspecified atom stereocenters. The van der Waals surface area contributed by atoms with E-state index in [9.17, 15) is 0 Å². The third-order valence-corrected chi connectivity index (χ3v) is 3.29. The van der Waals surface area contributed by atoms with Gasteiger partial charge in [0.2, 0.25) is 0 Å². The van der Waals surface area contributed by atoms with Gasteiger partial charge < -0.3 is 5.32 Å². The number of nitrogens with one attached hydrogen (secondary N) is 1. The van der Waals surface area contributed by atoms with Crippen molar-refractivity contribution in [1.29, 1.82) is 5.26 Å². The van der Waals surface area contributed by atoms with Crippen molar-refractivity contribution in [3.05, 3.63) is 24.3 Å². The normalized spacial score (nSPS) is 11.8. The Morgan fingerprint density at radius 1 is 1.31 bits per heavy atom. The lowest BCUT2D eigenvalue weighted by Crippen LogP contribution is -2.11. The minimum absolute atomic E-state index is 0.102. The third-order valence-electron chi connectivity index (χ3n) is 2.39. The van der Waals surface area contributed by atoms with Gasteiger partial charge in [0.05, 0.1) is 12.0 Å². The fourth-order valence-electron chi connectivity index (χ4n) is 1.36. The number of benzene rings is 1. The molecule has 0 amide bonds. The summed E-state index contributed by atoms with van der Waals surface area (Å²) >= 11 is 1.84. The van der Waals surface area contributed by atoms with Gasteiger partial charge in [-0.1, -0.05) is 13.8 Å². The summed E-state index contributed by atoms with van der Waals surface area (Å²) in [4.78, 5) is 1.29. The number of hydrogen-bond acceptors (Lipinski definition) is 3. The van der Waals surface area contributed by atoms with Crippen LogP contribution in [-0.4, -0.2) is 12.3 Å². The summed E-state index contributed by atoms with van der Waals surface area (Å²) in [7, 11) is 0. The van der Waals surface area contributed by atoms with E-state index in [-0.39, 0.29) is 5.92 Å². The third kappa shape index (κ3) is 4.16. The molecule has 0 aliphatic carbocycles. The number of anilines is 1. The van der Waals surface area contributed by atoms with Crippen molar-refractivity contribution in [3.8, 4) is 6.07 Å². The fraction of sp³-hybridized carbons (Fsp3) is 0.462. The Labute approximate surface area is 102 Å². The predicted molar refractivity (Wildman–Crippen MR) is 70.7 cm³/mol. The van der Waals surface area contributed by atoms with E-state index < -0.39 is 0 Å². The zero-order valence-electron chi connectivity index (χ0n) is 9.86. The van der Waals surface area contributed by atoms with Crippen LogP contribution in [0.2, 0.25) is 0 Å². The lowest BCUT2D eigenvalue weighted by Gasteiger charge is -2.09. The second-order valence-electron chi connectivity index (χ2n) is 3.57. The second kappa shape index (κ2) is 7.19. The van der Waals surface area contributed by atoms with Crippen molar-refractivity contribution in [2.45, 2.75) is 25.2 Å². The Morgan fingerprint density at radius 2 is 2.00 bits per heavy atom. The maximum absolute atomic E-state index is 8.82. The van der Waals surface area contributed by atoms with Gasteiger partial charge in [-0.2, -0.15) is 5.26 Å². The molecule has 0 aliphatic heterocycles. The zero-order valence-corrected chi connectivity index (χ0v) is 10.7. The Balaban J connectivity index is 2.46. The molecule has 0 fully saturated rings. The van der Waals surface area contributed by atoms with E-state index in [0.29, 0.717) is 0 Å². The van der Waals surface area contributed by atoms with Gasteiger partial charge in [-0.15, -0.1) is 11.8 Å². The molecule has 0 saturated carbocycles. The van der Waals surface area contributed by atoms with Crippen LogP contribution < -0.4 is 5.32 Å². The molecule has 0 aliphatic rings. The molecule has 0 spiro atoms. The zero-order chi connectivity index (χ0) is 11.8. The van der Waals surface area contributed by atoms with E-state index in [4.69, 9.17) is 5.26 Å². The lowest BCUT2D eigenvalue weighted by molar-refractivity contribution is 0.674. The van der Waals surface area contributed by atoms with Crippen molar-refractivity contribution in [2.75, 3.05) is 17.6 Å². The molecule has 1 aromatic carbocycles. The van der Waals surface area contributed by atoms with Crippen LogP contribution >= 0.6 is 11.8 Å². The highest BCUT2D eigenvalue weighted by Gasteiger charge is 2.03. The molecular weight excluding hydrogens is 216 g/mol. The molecule has 1 atom stereocenters. The number of thioether (sulfide) groups is 1. The Hall–Kier alpha value is -1.14. The summed E-state index contributed by atoms with van der Waals surface area (Å²) in [5.74, 6) is 1.20. The molecule has 2 nitrogen and oxygen atoms in total. The van der Waals surface area contributed by atoms with E-state index in [1.807, 2.05) is 18.7 Å². The first-order valence-corrected chi connectivity index (χ1v) is 6.65. The number of rotatable bonds is 6. The van der Waals surface area contributed by atoms with Crippen molar-refractivity contribution in [2.24, 2.45) is 5.92 Å². The monoisotopic (exact) mass is 234 g/mol. The standard InChI is InChI=1S/C13H18N2S/c1-3-11(9-14)10-15-12-5-7-13(8-6-12)16-4-2/h5-8,11,15H,3-4,10H2,1-2H3. The van der Waals surface area contributed by atoms with Gasteiger partial charge in [0, 0.05) is 17.1 Å². The van der Waals surface area contributed by atoms with Gasteiger partial charge in [0.15, 0.2) is 0 Å². The van der Waals surface area contributed by atoms with E-state index in [0.717, 1.165) is 24.4 Å². The summed E-state index contributed by atoms with van der Waals surface area (Å²) < 4.78 is 0. The van der Waals surface area contributed by atoms with Crippen molar-refractivity contribution < 1.29 is 0 Å². The van der Waals surface area contributed by atoms with Crippen LogP contribution in [0, 0.1) is 17.2 Å². The van der Waals surface area contributed by atoms with Crippen molar-refractivity contribution >= 4 is 17.4 Å². The van der Waals surface area contributed by atoms with Crippen LogP contribution in [0.5, 0.6) is 0 Å². The molecule has 0 heterocycles. The van der Waals surface area contributed by atoms with Crippen LogP contribution in [0.15, 0.2) is 29.2 Å².